The van der Waals surface area contributed by atoms with Gasteiger partial charge in [-0.1, -0.05) is 41.9 Å². The number of rotatable bonds is 4. The van der Waals surface area contributed by atoms with Crippen molar-refractivity contribution in [1.29, 1.82) is 0 Å². The fourth-order valence-corrected chi connectivity index (χ4v) is 2.64. The first-order valence-electron chi connectivity index (χ1n) is 5.28. The summed E-state index contributed by atoms with van der Waals surface area (Å²) in [5, 5.41) is 0.680. The molecule has 0 aliphatic carbocycles. The second-order valence-electron chi connectivity index (χ2n) is 3.64. The molecule has 17 heavy (non-hydrogen) atoms. The van der Waals surface area contributed by atoms with Crippen LogP contribution in [0.2, 0.25) is 5.02 Å². The van der Waals surface area contributed by atoms with E-state index in [9.17, 15) is 0 Å². The lowest BCUT2D eigenvalue weighted by Gasteiger charge is -2.04. The smallest absolute Gasteiger partial charge is 0.123 e. The second kappa shape index (κ2) is 5.94. The zero-order chi connectivity index (χ0) is 12.1. The highest BCUT2D eigenvalue weighted by molar-refractivity contribution is 7.97. The van der Waals surface area contributed by atoms with Gasteiger partial charge >= 0.3 is 0 Å². The molecule has 0 amide bonds. The van der Waals surface area contributed by atoms with Gasteiger partial charge in [0.25, 0.3) is 0 Å². The number of benzene rings is 1. The number of hydrogen-bond acceptors (Lipinski definition) is 3. The Balaban J connectivity index is 1.92. The highest BCUT2D eigenvalue weighted by atomic mass is 35.5. The first kappa shape index (κ1) is 12.3. The summed E-state index contributed by atoms with van der Waals surface area (Å²) in [6.07, 6.45) is 0. The predicted octanol–water partition coefficient (Wildman–Crippen LogP) is 3.75. The maximum absolute atomic E-state index is 6.05. The molecule has 0 radical (unpaired) electrons. The van der Waals surface area contributed by atoms with Crippen LogP contribution in [0.1, 0.15) is 11.3 Å². The van der Waals surface area contributed by atoms with Gasteiger partial charge in [0.05, 0.1) is 10.7 Å². The summed E-state index contributed by atoms with van der Waals surface area (Å²) in [7, 11) is 0. The molecular weight excluding hydrogens is 252 g/mol. The second-order valence-corrected chi connectivity index (χ2v) is 5.04. The predicted molar refractivity (Wildman–Crippen MR) is 75.1 cm³/mol. The third-order valence-electron chi connectivity index (χ3n) is 2.29. The lowest BCUT2D eigenvalue weighted by Crippen LogP contribution is -1.95. The van der Waals surface area contributed by atoms with Gasteiger partial charge in [0.1, 0.15) is 5.82 Å². The fourth-order valence-electron chi connectivity index (χ4n) is 1.44. The molecule has 0 bridgehead atoms. The molecule has 2 nitrogen and oxygen atoms in total. The van der Waals surface area contributed by atoms with E-state index in [-0.39, 0.29) is 0 Å². The Hall–Kier alpha value is -1.19. The van der Waals surface area contributed by atoms with Crippen LogP contribution in [0.5, 0.6) is 0 Å². The zero-order valence-corrected chi connectivity index (χ0v) is 10.8. The minimum Gasteiger partial charge on any atom is -0.384 e. The van der Waals surface area contributed by atoms with Crippen molar-refractivity contribution in [2.75, 3.05) is 5.73 Å². The maximum atomic E-state index is 6.05. The number of aromatic nitrogens is 1. The van der Waals surface area contributed by atoms with E-state index in [1.54, 1.807) is 23.9 Å². The number of nitrogen functional groups attached to an aromatic ring is 1. The molecule has 2 aromatic rings. The number of nitrogens with zero attached hydrogens (tertiary/aromatic N) is 1. The van der Waals surface area contributed by atoms with Gasteiger partial charge < -0.3 is 5.73 Å². The molecule has 1 heterocycles. The molecule has 1 aromatic carbocycles. The van der Waals surface area contributed by atoms with E-state index in [4.69, 9.17) is 17.3 Å². The van der Waals surface area contributed by atoms with Gasteiger partial charge in [-0.25, -0.2) is 4.98 Å². The van der Waals surface area contributed by atoms with Crippen LogP contribution in [0, 0.1) is 0 Å². The van der Waals surface area contributed by atoms with Gasteiger partial charge in [-0.2, -0.15) is 11.8 Å². The average molecular weight is 265 g/mol. The molecular formula is C13H13ClN2S. The number of halogens is 1. The fraction of sp³-hybridized carbons (Fsp3) is 0.154. The molecule has 2 rings (SSSR count). The van der Waals surface area contributed by atoms with Crippen LogP contribution >= 0.6 is 23.4 Å². The minimum atomic E-state index is 0.518. The number of nitrogens with two attached hydrogens (primary N) is 1. The lowest BCUT2D eigenvalue weighted by atomic mass is 10.2. The van der Waals surface area contributed by atoms with Crippen molar-refractivity contribution in [3.8, 4) is 0 Å². The van der Waals surface area contributed by atoms with Crippen LogP contribution in [0.25, 0.3) is 0 Å². The Labute approximate surface area is 110 Å². The monoisotopic (exact) mass is 264 g/mol. The summed E-state index contributed by atoms with van der Waals surface area (Å²) in [6, 6.07) is 13.8. The summed E-state index contributed by atoms with van der Waals surface area (Å²) >= 11 is 7.83. The van der Waals surface area contributed by atoms with E-state index >= 15 is 0 Å². The summed E-state index contributed by atoms with van der Waals surface area (Å²) in [4.78, 5) is 4.23. The highest BCUT2D eigenvalue weighted by Crippen LogP contribution is 2.22. The number of hydrogen-bond donors (Lipinski definition) is 1. The first-order valence-corrected chi connectivity index (χ1v) is 6.81. The summed E-state index contributed by atoms with van der Waals surface area (Å²) in [5.41, 5.74) is 7.79. The van der Waals surface area contributed by atoms with E-state index in [0.29, 0.717) is 10.8 Å². The van der Waals surface area contributed by atoms with Crippen LogP contribution in [0.15, 0.2) is 42.5 Å². The van der Waals surface area contributed by atoms with E-state index in [1.807, 2.05) is 18.2 Å². The van der Waals surface area contributed by atoms with Crippen molar-refractivity contribution in [3.05, 3.63) is 58.7 Å². The van der Waals surface area contributed by atoms with Crippen molar-refractivity contribution >= 4 is 29.2 Å². The van der Waals surface area contributed by atoms with Crippen LogP contribution < -0.4 is 5.73 Å². The normalized spacial score (nSPS) is 10.4. The molecule has 0 saturated heterocycles. The maximum Gasteiger partial charge on any atom is 0.123 e. The Bertz CT molecular complexity index is 488. The largest absolute Gasteiger partial charge is 0.384 e. The third kappa shape index (κ3) is 3.65. The molecule has 0 atom stereocenters. The molecule has 0 saturated carbocycles. The Morgan fingerprint density at radius 2 is 1.82 bits per heavy atom. The first-order chi connectivity index (χ1) is 8.25. The van der Waals surface area contributed by atoms with Crippen LogP contribution in [0.4, 0.5) is 5.82 Å². The Kier molecular flexibility index (Phi) is 4.29. The van der Waals surface area contributed by atoms with Crippen molar-refractivity contribution in [2.24, 2.45) is 0 Å². The molecule has 0 unspecified atom stereocenters. The Morgan fingerprint density at radius 3 is 2.59 bits per heavy atom. The van der Waals surface area contributed by atoms with Crippen molar-refractivity contribution in [3.63, 3.8) is 0 Å². The molecule has 2 N–H and O–H groups in total. The van der Waals surface area contributed by atoms with Gasteiger partial charge in [0.2, 0.25) is 0 Å². The zero-order valence-electron chi connectivity index (χ0n) is 9.27. The van der Waals surface area contributed by atoms with Crippen molar-refractivity contribution in [2.45, 2.75) is 11.5 Å². The standard InChI is InChI=1S/C13H13ClN2S/c14-11-6-7-13(15)16-12(11)9-17-8-10-4-2-1-3-5-10/h1-7H,8-9H2,(H2,15,16). The topological polar surface area (TPSA) is 38.9 Å². The van der Waals surface area contributed by atoms with Crippen LogP contribution in [-0.2, 0) is 11.5 Å². The van der Waals surface area contributed by atoms with E-state index in [0.717, 1.165) is 17.2 Å². The van der Waals surface area contributed by atoms with Gasteiger partial charge in [-0.05, 0) is 17.7 Å². The minimum absolute atomic E-state index is 0.518. The van der Waals surface area contributed by atoms with Gasteiger partial charge in [0.15, 0.2) is 0 Å². The SMILES string of the molecule is Nc1ccc(Cl)c(CSCc2ccccc2)n1. The van der Waals surface area contributed by atoms with Gasteiger partial charge in [-0.3, -0.25) is 0 Å². The van der Waals surface area contributed by atoms with E-state index in [2.05, 4.69) is 17.1 Å². The molecule has 88 valence electrons. The highest BCUT2D eigenvalue weighted by Gasteiger charge is 2.03. The molecule has 0 fully saturated rings. The van der Waals surface area contributed by atoms with Crippen LogP contribution in [-0.4, -0.2) is 4.98 Å². The van der Waals surface area contributed by atoms with Crippen molar-refractivity contribution in [1.82, 2.24) is 4.98 Å². The van der Waals surface area contributed by atoms with Crippen LogP contribution in [0.3, 0.4) is 0 Å². The van der Waals surface area contributed by atoms with Gasteiger partial charge in [-0.15, -0.1) is 0 Å². The quantitative estimate of drug-likeness (QED) is 0.914. The third-order valence-corrected chi connectivity index (χ3v) is 3.65. The molecule has 0 aliphatic rings. The van der Waals surface area contributed by atoms with E-state index in [1.165, 1.54) is 5.56 Å². The summed E-state index contributed by atoms with van der Waals surface area (Å²) in [5.74, 6) is 2.25. The number of pyridine rings is 1. The molecule has 1 aromatic heterocycles. The number of anilines is 1. The van der Waals surface area contributed by atoms with E-state index < -0.39 is 0 Å². The molecule has 0 spiro atoms. The summed E-state index contributed by atoms with van der Waals surface area (Å²) in [6.45, 7) is 0. The lowest BCUT2D eigenvalue weighted by molar-refractivity contribution is 1.18. The summed E-state index contributed by atoms with van der Waals surface area (Å²) < 4.78 is 0. The molecule has 0 aliphatic heterocycles. The number of thioether (sulfide) groups is 1. The average Bonchev–Trinajstić information content (AvgIpc) is 2.35. The Morgan fingerprint density at radius 1 is 1.06 bits per heavy atom. The van der Waals surface area contributed by atoms with Gasteiger partial charge in [0, 0.05) is 11.5 Å². The molecule has 4 heteroatoms. The van der Waals surface area contributed by atoms with Crippen molar-refractivity contribution < 1.29 is 0 Å².